The minimum Gasteiger partial charge on any atom is -0.343 e. The number of alkyl halides is 3. The molecule has 8 heteroatoms. The van der Waals surface area contributed by atoms with E-state index in [4.69, 9.17) is 11.6 Å². The second-order valence-corrected chi connectivity index (χ2v) is 7.63. The molecule has 4 aromatic rings. The van der Waals surface area contributed by atoms with Crippen molar-refractivity contribution in [2.24, 2.45) is 0 Å². The number of benzene rings is 1. The number of pyridine rings is 3. The molecule has 0 radical (unpaired) electrons. The predicted octanol–water partition coefficient (Wildman–Crippen LogP) is 6.11. The van der Waals surface area contributed by atoms with Gasteiger partial charge in [-0.2, -0.15) is 13.2 Å². The number of nitrogens with zero attached hydrogens (tertiary/aromatic N) is 2. The van der Waals surface area contributed by atoms with Gasteiger partial charge in [-0.25, -0.2) is 9.97 Å². The summed E-state index contributed by atoms with van der Waals surface area (Å²) >= 11 is 6.15. The molecular formula is C23H17ClF3N3O. The van der Waals surface area contributed by atoms with Gasteiger partial charge in [0, 0.05) is 35.0 Å². The molecule has 0 aliphatic heterocycles. The molecule has 0 atom stereocenters. The maximum atomic E-state index is 12.7. The molecule has 3 aromatic heterocycles. The second kappa shape index (κ2) is 8.15. The van der Waals surface area contributed by atoms with Crippen molar-refractivity contribution in [1.29, 1.82) is 0 Å². The number of fused-ring (bicyclic) bond motifs is 1. The number of H-pyrrole nitrogens is 1. The van der Waals surface area contributed by atoms with Crippen LogP contribution in [0.5, 0.6) is 0 Å². The van der Waals surface area contributed by atoms with Crippen LogP contribution >= 0.6 is 11.6 Å². The Morgan fingerprint density at radius 2 is 1.74 bits per heavy atom. The minimum absolute atomic E-state index is 0.192. The van der Waals surface area contributed by atoms with Crippen LogP contribution in [-0.4, -0.2) is 21.1 Å². The topological polar surface area (TPSA) is 58.6 Å². The molecular weight excluding hydrogens is 427 g/mol. The summed E-state index contributed by atoms with van der Waals surface area (Å²) in [7, 11) is 0. The van der Waals surface area contributed by atoms with Crippen molar-refractivity contribution in [2.45, 2.75) is 25.9 Å². The lowest BCUT2D eigenvalue weighted by Crippen LogP contribution is -2.12. The summed E-state index contributed by atoms with van der Waals surface area (Å²) in [4.78, 5) is 24.4. The maximum absolute atomic E-state index is 12.7. The van der Waals surface area contributed by atoms with Crippen molar-refractivity contribution >= 4 is 22.6 Å². The lowest BCUT2D eigenvalue weighted by molar-refractivity contribution is -0.134. The molecule has 4 nitrogen and oxygen atoms in total. The van der Waals surface area contributed by atoms with Crippen LogP contribution in [0, 0.1) is 6.92 Å². The number of hydrogen-bond acceptors (Lipinski definition) is 3. The molecule has 0 unspecified atom stereocenters. The highest BCUT2D eigenvalue weighted by molar-refractivity contribution is 6.29. The zero-order valence-corrected chi connectivity index (χ0v) is 17.2. The lowest BCUT2D eigenvalue weighted by atomic mass is 9.98. The molecule has 0 amide bonds. The van der Waals surface area contributed by atoms with E-state index in [2.05, 4.69) is 15.0 Å². The first-order chi connectivity index (χ1) is 14.7. The van der Waals surface area contributed by atoms with Gasteiger partial charge in [0.1, 0.15) is 10.8 Å². The van der Waals surface area contributed by atoms with Gasteiger partial charge in [-0.3, -0.25) is 4.79 Å². The Bertz CT molecular complexity index is 1300. The van der Waals surface area contributed by atoms with E-state index in [1.54, 1.807) is 12.1 Å². The van der Waals surface area contributed by atoms with Gasteiger partial charge in [0.15, 0.2) is 5.43 Å². The Hall–Kier alpha value is -3.19. The summed E-state index contributed by atoms with van der Waals surface area (Å²) in [5, 5.41) is 0.599. The zero-order chi connectivity index (χ0) is 22.2. The third-order valence-electron chi connectivity index (χ3n) is 4.83. The van der Waals surface area contributed by atoms with Gasteiger partial charge in [0.05, 0.1) is 11.1 Å². The predicted molar refractivity (Wildman–Crippen MR) is 115 cm³/mol. The first-order valence-corrected chi connectivity index (χ1v) is 9.91. The zero-order valence-electron chi connectivity index (χ0n) is 16.4. The number of aryl methyl sites for hydroxylation is 2. The first kappa shape index (κ1) is 21.1. The molecule has 0 fully saturated rings. The van der Waals surface area contributed by atoms with Crippen LogP contribution in [0.3, 0.4) is 0 Å². The highest BCUT2D eigenvalue weighted by Crippen LogP contribution is 2.33. The number of hydrogen-bond donors (Lipinski definition) is 1. The van der Waals surface area contributed by atoms with Crippen LogP contribution in [-0.2, 0) is 6.42 Å². The molecule has 158 valence electrons. The molecule has 0 aliphatic rings. The van der Waals surface area contributed by atoms with Crippen LogP contribution in [0.15, 0.2) is 59.4 Å². The van der Waals surface area contributed by atoms with Crippen LogP contribution in [0.2, 0.25) is 5.15 Å². The average Bonchev–Trinajstić information content (AvgIpc) is 2.71. The number of aromatic nitrogens is 3. The molecule has 1 aromatic carbocycles. The normalized spacial score (nSPS) is 11.8. The molecule has 31 heavy (non-hydrogen) atoms. The summed E-state index contributed by atoms with van der Waals surface area (Å²) < 4.78 is 37.9. The van der Waals surface area contributed by atoms with Crippen LogP contribution < -0.4 is 5.43 Å². The number of nitrogens with one attached hydrogen (secondary N) is 1. The Morgan fingerprint density at radius 3 is 2.42 bits per heavy atom. The highest BCUT2D eigenvalue weighted by Gasteiger charge is 2.27. The molecule has 0 saturated carbocycles. The van der Waals surface area contributed by atoms with Crippen molar-refractivity contribution < 1.29 is 13.2 Å². The highest BCUT2D eigenvalue weighted by atomic mass is 35.5. The van der Waals surface area contributed by atoms with Crippen molar-refractivity contribution in [1.82, 2.24) is 15.0 Å². The largest absolute Gasteiger partial charge is 0.389 e. The van der Waals surface area contributed by atoms with E-state index in [0.717, 1.165) is 11.1 Å². The molecule has 0 aliphatic carbocycles. The van der Waals surface area contributed by atoms with E-state index in [9.17, 15) is 18.0 Å². The van der Waals surface area contributed by atoms with Gasteiger partial charge in [0.25, 0.3) is 0 Å². The third-order valence-corrected chi connectivity index (χ3v) is 5.02. The minimum atomic E-state index is -4.31. The van der Waals surface area contributed by atoms with Crippen LogP contribution in [0.1, 0.15) is 17.8 Å². The Kier molecular flexibility index (Phi) is 5.54. The van der Waals surface area contributed by atoms with Gasteiger partial charge >= 0.3 is 6.18 Å². The molecule has 3 heterocycles. The first-order valence-electron chi connectivity index (χ1n) is 9.53. The number of rotatable bonds is 4. The molecule has 1 N–H and O–H groups in total. The van der Waals surface area contributed by atoms with Gasteiger partial charge in [-0.15, -0.1) is 0 Å². The van der Waals surface area contributed by atoms with Gasteiger partial charge in [0.2, 0.25) is 0 Å². The van der Waals surface area contributed by atoms with E-state index >= 15 is 0 Å². The Morgan fingerprint density at radius 1 is 1.00 bits per heavy atom. The monoisotopic (exact) mass is 443 g/mol. The number of halogens is 4. The molecule has 0 saturated heterocycles. The van der Waals surface area contributed by atoms with E-state index in [1.807, 2.05) is 43.3 Å². The van der Waals surface area contributed by atoms with Crippen LogP contribution in [0.4, 0.5) is 13.2 Å². The van der Waals surface area contributed by atoms with Crippen molar-refractivity contribution in [2.75, 3.05) is 0 Å². The van der Waals surface area contributed by atoms with E-state index in [-0.39, 0.29) is 23.1 Å². The van der Waals surface area contributed by atoms with E-state index in [0.29, 0.717) is 22.1 Å². The van der Waals surface area contributed by atoms with Crippen molar-refractivity contribution in [3.63, 3.8) is 0 Å². The van der Waals surface area contributed by atoms with Gasteiger partial charge in [-0.05, 0) is 37.1 Å². The average molecular weight is 444 g/mol. The fourth-order valence-electron chi connectivity index (χ4n) is 3.45. The fraction of sp³-hybridized carbons (Fsp3) is 0.174. The summed E-state index contributed by atoms with van der Waals surface area (Å²) in [6, 6.07) is 15.8. The summed E-state index contributed by atoms with van der Waals surface area (Å²) in [6.45, 7) is 1.81. The van der Waals surface area contributed by atoms with Crippen LogP contribution in [0.25, 0.3) is 33.4 Å². The fourth-order valence-corrected chi connectivity index (χ4v) is 3.70. The van der Waals surface area contributed by atoms with Crippen molar-refractivity contribution in [3.8, 4) is 22.4 Å². The molecule has 0 bridgehead atoms. The second-order valence-electron chi connectivity index (χ2n) is 7.24. The van der Waals surface area contributed by atoms with E-state index in [1.165, 1.54) is 6.07 Å². The number of aromatic amines is 1. The smallest absolute Gasteiger partial charge is 0.343 e. The van der Waals surface area contributed by atoms with Gasteiger partial charge < -0.3 is 4.98 Å². The van der Waals surface area contributed by atoms with Gasteiger partial charge in [-0.1, -0.05) is 41.9 Å². The maximum Gasteiger partial charge on any atom is 0.389 e. The Labute approximate surface area is 180 Å². The SMILES string of the molecule is Cc1cc(-c2cc3c(=O)cc(CCC(F)(F)F)[nH]c3nc2-c2ccccc2)cc(Cl)n1. The van der Waals surface area contributed by atoms with E-state index < -0.39 is 18.0 Å². The summed E-state index contributed by atoms with van der Waals surface area (Å²) in [6.07, 6.45) is -5.65. The summed E-state index contributed by atoms with van der Waals surface area (Å²) in [5.74, 6) is 0. The van der Waals surface area contributed by atoms with Crippen molar-refractivity contribution in [3.05, 3.63) is 81.4 Å². The molecule has 4 rings (SSSR count). The Balaban J connectivity index is 1.94. The molecule has 0 spiro atoms. The third kappa shape index (κ3) is 4.77. The standard InChI is InChI=1S/C23H17ClF3N3O/c1-13-9-15(10-20(24)28-13)17-12-18-19(31)11-16(7-8-23(25,26)27)29-22(18)30-21(17)14-5-3-2-4-6-14/h2-6,9-12H,7-8H2,1H3,(H,29,30,31). The quantitative estimate of drug-likeness (QED) is 0.387. The summed E-state index contributed by atoms with van der Waals surface area (Å²) in [5.41, 5.74) is 3.55. The lowest BCUT2D eigenvalue weighted by Gasteiger charge is -2.13.